The fraction of sp³-hybridized carbons (Fsp3) is 0.190. The molecule has 0 aliphatic heterocycles. The van der Waals surface area contributed by atoms with Gasteiger partial charge in [-0.15, -0.1) is 0 Å². The molecule has 0 fully saturated rings. The van der Waals surface area contributed by atoms with E-state index in [1.807, 2.05) is 13.0 Å². The number of nitrogens with zero attached hydrogens (tertiary/aromatic N) is 5. The third-order valence-electron chi connectivity index (χ3n) is 4.70. The summed E-state index contributed by atoms with van der Waals surface area (Å²) in [6.45, 7) is 3.84. The third kappa shape index (κ3) is 5.03. The maximum atomic E-state index is 13.4. The lowest BCUT2D eigenvalue weighted by Gasteiger charge is -2.14. The van der Waals surface area contributed by atoms with Crippen LogP contribution in [-0.2, 0) is 12.7 Å². The number of aromatic nitrogens is 4. The number of benzene rings is 1. The van der Waals surface area contributed by atoms with Crippen molar-refractivity contribution in [2.24, 2.45) is 4.99 Å². The first-order valence-electron chi connectivity index (χ1n) is 9.74. The number of rotatable bonds is 5. The third-order valence-corrected chi connectivity index (χ3v) is 4.70. The summed E-state index contributed by atoms with van der Waals surface area (Å²) in [6.07, 6.45) is -1.92. The first kappa shape index (κ1) is 22.9. The van der Waals surface area contributed by atoms with E-state index in [9.17, 15) is 22.7 Å². The second kappa shape index (κ2) is 8.92. The molecule has 0 bridgehead atoms. The van der Waals surface area contributed by atoms with Gasteiger partial charge in [-0.3, -0.25) is 9.51 Å². The molecule has 4 aromatic rings. The summed E-state index contributed by atoms with van der Waals surface area (Å²) in [5.74, 6) is -0.965. The number of nitrogens with one attached hydrogen (secondary N) is 1. The molecule has 0 saturated heterocycles. The number of aryl methyl sites for hydroxylation is 2. The topological polar surface area (TPSA) is 116 Å². The van der Waals surface area contributed by atoms with Crippen LogP contribution in [0.1, 0.15) is 22.7 Å². The molecule has 4 rings (SSSR count). The second-order valence-electron chi connectivity index (χ2n) is 7.21. The summed E-state index contributed by atoms with van der Waals surface area (Å²) in [5, 5.41) is 21.8. The Morgan fingerprint density at radius 2 is 1.97 bits per heavy atom. The molecule has 0 aliphatic rings. The van der Waals surface area contributed by atoms with Crippen LogP contribution in [0.3, 0.4) is 0 Å². The molecular weight excluding hydrogens is 460 g/mol. The van der Waals surface area contributed by atoms with Crippen molar-refractivity contribution in [1.82, 2.24) is 15.4 Å². The average Bonchev–Trinajstić information content (AvgIpc) is 3.34. The number of hydrogen-bond donors (Lipinski definition) is 1. The van der Waals surface area contributed by atoms with Crippen LogP contribution >= 0.6 is 0 Å². The molecule has 1 aromatic carbocycles. The zero-order chi connectivity index (χ0) is 24.5. The van der Waals surface area contributed by atoms with Crippen LogP contribution in [0.5, 0.6) is 0 Å². The Kier molecular flexibility index (Phi) is 6.01. The molecule has 9 nitrogen and oxygen atoms in total. The first-order chi connectivity index (χ1) is 16.1. The summed E-state index contributed by atoms with van der Waals surface area (Å²) in [4.78, 5) is 7.95. The molecule has 176 valence electrons. The number of hydrogen-bond acceptors (Lipinski definition) is 7. The highest BCUT2D eigenvalue weighted by molar-refractivity contribution is 5.87. The standard InChI is InChI=1S/C21H16F4N6O3/c1-11-19(12(2)33-29-11)13-3-4-15(26-8-13)9-31-10-18(34-30-31)28-20(32)27-14-5-6-17(22)16(7-14)21(23,24)25/h3-8,10H,9H2,1-2H3,(H-,27,28,30,32). The van der Waals surface area contributed by atoms with Crippen molar-refractivity contribution in [2.45, 2.75) is 26.6 Å². The number of halogens is 4. The van der Waals surface area contributed by atoms with Crippen molar-refractivity contribution in [1.29, 1.82) is 0 Å². The van der Waals surface area contributed by atoms with Gasteiger partial charge in [-0.2, -0.15) is 13.2 Å². The summed E-state index contributed by atoms with van der Waals surface area (Å²) in [6, 6.07) is 4.67. The zero-order valence-electron chi connectivity index (χ0n) is 17.7. The minimum absolute atomic E-state index is 0.192. The minimum Gasteiger partial charge on any atom is -0.846 e. The van der Waals surface area contributed by atoms with Gasteiger partial charge in [0.05, 0.1) is 17.3 Å². The van der Waals surface area contributed by atoms with Crippen molar-refractivity contribution < 1.29 is 36.4 Å². The van der Waals surface area contributed by atoms with E-state index in [1.165, 1.54) is 10.9 Å². The van der Waals surface area contributed by atoms with Gasteiger partial charge >= 0.3 is 12.1 Å². The zero-order valence-corrected chi connectivity index (χ0v) is 17.7. The second-order valence-corrected chi connectivity index (χ2v) is 7.21. The molecule has 34 heavy (non-hydrogen) atoms. The predicted molar refractivity (Wildman–Crippen MR) is 107 cm³/mol. The van der Waals surface area contributed by atoms with E-state index >= 15 is 0 Å². The van der Waals surface area contributed by atoms with Crippen LogP contribution in [0.25, 0.3) is 11.1 Å². The van der Waals surface area contributed by atoms with Gasteiger partial charge in [0.2, 0.25) is 11.8 Å². The molecule has 3 heterocycles. The van der Waals surface area contributed by atoms with Gasteiger partial charge in [0.1, 0.15) is 17.3 Å². The maximum absolute atomic E-state index is 13.4. The highest BCUT2D eigenvalue weighted by Crippen LogP contribution is 2.33. The molecule has 0 atom stereocenters. The Bertz CT molecular complexity index is 1330. The quantitative estimate of drug-likeness (QED) is 0.203. The Labute approximate surface area is 189 Å². The highest BCUT2D eigenvalue weighted by Gasteiger charge is 2.34. The van der Waals surface area contributed by atoms with Gasteiger partial charge in [-0.25, -0.2) is 9.38 Å². The van der Waals surface area contributed by atoms with Gasteiger partial charge in [0.15, 0.2) is 0 Å². The van der Waals surface area contributed by atoms with Crippen LogP contribution in [0.4, 0.5) is 29.1 Å². The van der Waals surface area contributed by atoms with Crippen molar-refractivity contribution >= 4 is 17.6 Å². The van der Waals surface area contributed by atoms with E-state index in [1.54, 1.807) is 19.2 Å². The average molecular weight is 476 g/mol. The number of aliphatic imine (C=N–C) groups is 1. The molecule has 0 unspecified atom stereocenters. The highest BCUT2D eigenvalue weighted by atomic mass is 19.4. The lowest BCUT2D eigenvalue weighted by atomic mass is 10.1. The fourth-order valence-electron chi connectivity index (χ4n) is 3.19. The van der Waals surface area contributed by atoms with Crippen molar-refractivity contribution in [3.63, 3.8) is 0 Å². The predicted octanol–water partition coefficient (Wildman–Crippen LogP) is 3.30. The van der Waals surface area contributed by atoms with E-state index in [-0.39, 0.29) is 18.1 Å². The molecule has 0 radical (unpaired) electrons. The molecule has 0 amide bonds. The fourth-order valence-corrected chi connectivity index (χ4v) is 3.19. The Balaban J connectivity index is 1.43. The Morgan fingerprint density at radius 1 is 1.18 bits per heavy atom. The van der Waals surface area contributed by atoms with Crippen LogP contribution in [0.15, 0.2) is 56.8 Å². The molecular formula is C21H16F4N6O3. The minimum atomic E-state index is -4.91. The van der Waals surface area contributed by atoms with E-state index in [0.717, 1.165) is 22.9 Å². The lowest BCUT2D eigenvalue weighted by molar-refractivity contribution is -0.755. The summed E-state index contributed by atoms with van der Waals surface area (Å²) in [5.41, 5.74) is 1.30. The smallest absolute Gasteiger partial charge is 0.419 e. The Morgan fingerprint density at radius 3 is 2.62 bits per heavy atom. The summed E-state index contributed by atoms with van der Waals surface area (Å²) in [7, 11) is 0. The number of amidine groups is 1. The lowest BCUT2D eigenvalue weighted by Crippen LogP contribution is -2.35. The van der Waals surface area contributed by atoms with Crippen molar-refractivity contribution in [2.75, 3.05) is 5.32 Å². The van der Waals surface area contributed by atoms with E-state index in [4.69, 9.17) is 9.05 Å². The normalized spacial score (nSPS) is 12.2. The summed E-state index contributed by atoms with van der Waals surface area (Å²) < 4.78 is 63.2. The van der Waals surface area contributed by atoms with E-state index in [0.29, 0.717) is 23.6 Å². The van der Waals surface area contributed by atoms with E-state index < -0.39 is 23.6 Å². The molecule has 13 heteroatoms. The molecule has 3 aromatic heterocycles. The SMILES string of the molecule is Cc1noc(C)c1-c1ccc(C[n+]2cc(N=C([O-])Nc3ccc(F)c(C(F)(F)F)c3)on2)nc1. The monoisotopic (exact) mass is 476 g/mol. The van der Waals surface area contributed by atoms with Crippen LogP contribution in [-0.4, -0.2) is 21.4 Å². The van der Waals surface area contributed by atoms with Crippen LogP contribution < -0.4 is 15.1 Å². The van der Waals surface area contributed by atoms with Gasteiger partial charge in [-0.05, 0) is 42.8 Å². The van der Waals surface area contributed by atoms with Crippen molar-refractivity contribution in [3.05, 3.63) is 71.3 Å². The molecule has 0 saturated carbocycles. The van der Waals surface area contributed by atoms with Gasteiger partial charge < -0.3 is 14.9 Å². The maximum Gasteiger partial charge on any atom is 0.419 e. The summed E-state index contributed by atoms with van der Waals surface area (Å²) >= 11 is 0. The molecule has 0 aliphatic carbocycles. The first-order valence-corrected chi connectivity index (χ1v) is 9.74. The number of alkyl halides is 3. The van der Waals surface area contributed by atoms with Gasteiger partial charge in [0.25, 0.3) is 6.20 Å². The number of pyridine rings is 1. The van der Waals surface area contributed by atoms with Crippen molar-refractivity contribution in [3.8, 4) is 11.1 Å². The van der Waals surface area contributed by atoms with E-state index in [2.05, 4.69) is 25.7 Å². The molecule has 1 N–H and O–H groups in total. The Hall–Kier alpha value is -4.29. The largest absolute Gasteiger partial charge is 0.846 e. The van der Waals surface area contributed by atoms with Crippen LogP contribution in [0.2, 0.25) is 0 Å². The molecule has 0 spiro atoms. The number of anilines is 1. The van der Waals surface area contributed by atoms with Crippen LogP contribution in [0, 0.1) is 19.7 Å². The van der Waals surface area contributed by atoms with Gasteiger partial charge in [0, 0.05) is 23.0 Å². The van der Waals surface area contributed by atoms with Gasteiger partial charge in [-0.1, -0.05) is 11.2 Å².